The van der Waals surface area contributed by atoms with E-state index >= 15 is 0 Å². The zero-order chi connectivity index (χ0) is 18.5. The number of hydrogen-bond donors (Lipinski definition) is 0. The largest absolute Gasteiger partial charge is 0.303 e. The SMILES string of the molecule is C#CCn1c(=NC(=O)CCSc2ccccc2)sc2cc(Cl)cc(Cl)c21. The van der Waals surface area contributed by atoms with E-state index in [-0.39, 0.29) is 12.5 Å². The van der Waals surface area contributed by atoms with Crippen molar-refractivity contribution < 1.29 is 4.79 Å². The number of terminal acetylenes is 1. The molecular formula is C19H14Cl2N2OS2. The summed E-state index contributed by atoms with van der Waals surface area (Å²) in [5.74, 6) is 3.06. The summed E-state index contributed by atoms with van der Waals surface area (Å²) in [6, 6.07) is 13.4. The Bertz CT molecular complexity index is 1050. The molecule has 1 aromatic heterocycles. The van der Waals surface area contributed by atoms with Crippen molar-refractivity contribution >= 4 is 62.4 Å². The number of carbonyl (C=O) groups excluding carboxylic acids is 1. The van der Waals surface area contributed by atoms with Crippen molar-refractivity contribution in [1.29, 1.82) is 0 Å². The highest BCUT2D eigenvalue weighted by atomic mass is 35.5. The molecule has 0 saturated carbocycles. The Kier molecular flexibility index (Phi) is 6.44. The van der Waals surface area contributed by atoms with Gasteiger partial charge in [0.15, 0.2) is 4.80 Å². The third-order valence-electron chi connectivity index (χ3n) is 3.49. The molecule has 26 heavy (non-hydrogen) atoms. The third kappa shape index (κ3) is 4.52. The van der Waals surface area contributed by atoms with Crippen LogP contribution >= 0.6 is 46.3 Å². The Morgan fingerprint density at radius 1 is 1.27 bits per heavy atom. The minimum atomic E-state index is -0.187. The molecule has 0 saturated heterocycles. The molecule has 0 aliphatic heterocycles. The van der Waals surface area contributed by atoms with Crippen LogP contribution in [0.5, 0.6) is 0 Å². The molecule has 132 valence electrons. The lowest BCUT2D eigenvalue weighted by molar-refractivity contribution is -0.117. The Morgan fingerprint density at radius 3 is 2.77 bits per heavy atom. The van der Waals surface area contributed by atoms with Gasteiger partial charge in [-0.05, 0) is 24.3 Å². The van der Waals surface area contributed by atoms with Gasteiger partial charge in [0.1, 0.15) is 0 Å². The molecule has 0 atom stereocenters. The number of thioether (sulfide) groups is 1. The number of halogens is 2. The Hall–Kier alpha value is -1.71. The summed E-state index contributed by atoms with van der Waals surface area (Å²) in [7, 11) is 0. The summed E-state index contributed by atoms with van der Waals surface area (Å²) in [4.78, 5) is 18.2. The van der Waals surface area contributed by atoms with Crippen molar-refractivity contribution in [2.75, 3.05) is 5.75 Å². The van der Waals surface area contributed by atoms with Gasteiger partial charge in [0.05, 0.1) is 21.8 Å². The molecule has 3 nitrogen and oxygen atoms in total. The highest BCUT2D eigenvalue weighted by molar-refractivity contribution is 7.99. The summed E-state index contributed by atoms with van der Waals surface area (Å²) in [5, 5.41) is 1.03. The lowest BCUT2D eigenvalue weighted by atomic mass is 10.3. The van der Waals surface area contributed by atoms with E-state index in [0.717, 1.165) is 15.1 Å². The number of hydrogen-bond acceptors (Lipinski definition) is 3. The fourth-order valence-corrected chi connectivity index (χ4v) is 5.08. The minimum Gasteiger partial charge on any atom is -0.303 e. The van der Waals surface area contributed by atoms with Gasteiger partial charge in [-0.25, -0.2) is 0 Å². The van der Waals surface area contributed by atoms with E-state index in [9.17, 15) is 4.79 Å². The number of aromatic nitrogens is 1. The Morgan fingerprint density at radius 2 is 2.04 bits per heavy atom. The van der Waals surface area contributed by atoms with E-state index in [1.54, 1.807) is 28.5 Å². The first-order valence-corrected chi connectivity index (χ1v) is 10.3. The van der Waals surface area contributed by atoms with Crippen LogP contribution in [0.25, 0.3) is 10.2 Å². The van der Waals surface area contributed by atoms with Crippen molar-refractivity contribution in [3.8, 4) is 12.3 Å². The van der Waals surface area contributed by atoms with Gasteiger partial charge in [-0.15, -0.1) is 18.2 Å². The van der Waals surface area contributed by atoms with E-state index in [1.165, 1.54) is 11.3 Å². The molecule has 0 radical (unpaired) electrons. The number of fused-ring (bicyclic) bond motifs is 1. The standard InChI is InChI=1S/C19H14Cl2N2OS2/c1-2-9-23-18-15(21)11-13(20)12-16(18)26-19(23)22-17(24)8-10-25-14-6-4-3-5-7-14/h1,3-7,11-12H,8-10H2. The predicted molar refractivity (Wildman–Crippen MR) is 111 cm³/mol. The molecule has 0 aliphatic carbocycles. The number of benzene rings is 2. The summed E-state index contributed by atoms with van der Waals surface area (Å²) in [6.07, 6.45) is 5.82. The van der Waals surface area contributed by atoms with Crippen LogP contribution in [0.3, 0.4) is 0 Å². The molecule has 1 heterocycles. The summed E-state index contributed by atoms with van der Waals surface area (Å²) >= 11 is 15.4. The maximum absolute atomic E-state index is 12.3. The van der Waals surface area contributed by atoms with Gasteiger partial charge >= 0.3 is 0 Å². The van der Waals surface area contributed by atoms with Gasteiger partial charge in [-0.1, -0.05) is 58.7 Å². The van der Waals surface area contributed by atoms with Crippen molar-refractivity contribution in [3.05, 3.63) is 57.3 Å². The second-order valence-corrected chi connectivity index (χ2v) is 8.35. The van der Waals surface area contributed by atoms with Crippen LogP contribution in [-0.4, -0.2) is 16.2 Å². The Balaban J connectivity index is 1.84. The zero-order valence-electron chi connectivity index (χ0n) is 13.6. The quantitative estimate of drug-likeness (QED) is 0.417. The van der Waals surface area contributed by atoms with Crippen molar-refractivity contribution in [2.24, 2.45) is 4.99 Å². The molecule has 0 unspecified atom stereocenters. The van der Waals surface area contributed by atoms with Crippen LogP contribution in [0.2, 0.25) is 10.0 Å². The fourth-order valence-electron chi connectivity index (χ4n) is 2.39. The summed E-state index contributed by atoms with van der Waals surface area (Å²) in [6.45, 7) is 0.284. The Labute approximate surface area is 169 Å². The van der Waals surface area contributed by atoms with Gasteiger partial charge in [-0.2, -0.15) is 4.99 Å². The molecule has 3 aromatic rings. The topological polar surface area (TPSA) is 34.4 Å². The van der Waals surface area contributed by atoms with E-state index in [2.05, 4.69) is 10.9 Å². The second-order valence-electron chi connectivity index (χ2n) is 5.33. The van der Waals surface area contributed by atoms with Crippen molar-refractivity contribution in [3.63, 3.8) is 0 Å². The van der Waals surface area contributed by atoms with E-state index < -0.39 is 0 Å². The monoisotopic (exact) mass is 420 g/mol. The van der Waals surface area contributed by atoms with Gasteiger partial charge in [0.2, 0.25) is 5.91 Å². The molecule has 7 heteroatoms. The maximum Gasteiger partial charge on any atom is 0.249 e. The summed E-state index contributed by atoms with van der Waals surface area (Å²) in [5.41, 5.74) is 0.754. The van der Waals surface area contributed by atoms with Crippen molar-refractivity contribution in [2.45, 2.75) is 17.9 Å². The number of carbonyl (C=O) groups is 1. The highest BCUT2D eigenvalue weighted by Crippen LogP contribution is 2.29. The normalized spacial score (nSPS) is 11.7. The van der Waals surface area contributed by atoms with Crippen LogP contribution in [0.4, 0.5) is 0 Å². The third-order valence-corrected chi connectivity index (χ3v) is 6.04. The lowest BCUT2D eigenvalue weighted by Crippen LogP contribution is -2.16. The molecule has 0 N–H and O–H groups in total. The van der Waals surface area contributed by atoms with Crippen LogP contribution in [0, 0.1) is 12.3 Å². The number of thiazole rings is 1. The predicted octanol–water partition coefficient (Wildman–Crippen LogP) is 5.25. The molecule has 1 amide bonds. The average molecular weight is 421 g/mol. The molecule has 2 aromatic carbocycles. The van der Waals surface area contributed by atoms with Crippen LogP contribution in [-0.2, 0) is 11.3 Å². The molecule has 0 fully saturated rings. The number of rotatable bonds is 5. The maximum atomic E-state index is 12.3. The first-order chi connectivity index (χ1) is 12.6. The van der Waals surface area contributed by atoms with Crippen LogP contribution in [0.15, 0.2) is 52.4 Å². The number of nitrogens with zero attached hydrogens (tertiary/aromatic N) is 2. The molecule has 3 rings (SSSR count). The zero-order valence-corrected chi connectivity index (χ0v) is 16.8. The first kappa shape index (κ1) is 19.1. The molecule has 0 bridgehead atoms. The number of amides is 1. The van der Waals surface area contributed by atoms with E-state index in [4.69, 9.17) is 29.6 Å². The lowest BCUT2D eigenvalue weighted by Gasteiger charge is -2.02. The van der Waals surface area contributed by atoms with E-state index in [0.29, 0.717) is 27.0 Å². The fraction of sp³-hybridized carbons (Fsp3) is 0.158. The molecule has 0 aliphatic rings. The minimum absolute atomic E-state index is 0.187. The smallest absolute Gasteiger partial charge is 0.249 e. The van der Waals surface area contributed by atoms with E-state index in [1.807, 2.05) is 30.3 Å². The molecule has 0 spiro atoms. The van der Waals surface area contributed by atoms with Gasteiger partial charge in [0.25, 0.3) is 0 Å². The van der Waals surface area contributed by atoms with Crippen LogP contribution in [0.1, 0.15) is 6.42 Å². The highest BCUT2D eigenvalue weighted by Gasteiger charge is 2.12. The van der Waals surface area contributed by atoms with Gasteiger partial charge < -0.3 is 4.57 Å². The van der Waals surface area contributed by atoms with Gasteiger partial charge in [-0.3, -0.25) is 4.79 Å². The molecular weight excluding hydrogens is 407 g/mol. The van der Waals surface area contributed by atoms with Crippen molar-refractivity contribution in [1.82, 2.24) is 4.57 Å². The second kappa shape index (κ2) is 8.79. The van der Waals surface area contributed by atoms with Gasteiger partial charge in [0, 0.05) is 22.1 Å². The average Bonchev–Trinajstić information content (AvgIpc) is 2.93. The summed E-state index contributed by atoms with van der Waals surface area (Å²) < 4.78 is 2.63. The first-order valence-electron chi connectivity index (χ1n) is 7.75. The van der Waals surface area contributed by atoms with Crippen LogP contribution < -0.4 is 4.80 Å².